The van der Waals surface area contributed by atoms with Gasteiger partial charge < -0.3 is 9.05 Å². The lowest BCUT2D eigenvalue weighted by Gasteiger charge is -2.26. The van der Waals surface area contributed by atoms with Crippen LogP contribution in [-0.2, 0) is 13.6 Å². The first-order valence-electron chi connectivity index (χ1n) is 7.43. The minimum absolute atomic E-state index is 0.337. The van der Waals surface area contributed by atoms with Gasteiger partial charge in [0, 0.05) is 19.5 Å². The van der Waals surface area contributed by atoms with E-state index in [-0.39, 0.29) is 5.66 Å². The van der Waals surface area contributed by atoms with Crippen molar-refractivity contribution in [2.75, 3.05) is 13.2 Å². The fraction of sp³-hybridized carbons (Fsp3) is 0.500. The zero-order valence-electron chi connectivity index (χ0n) is 13.7. The first-order chi connectivity index (χ1) is 10.4. The molecule has 2 aromatic rings. The van der Waals surface area contributed by atoms with E-state index < -0.39 is 7.60 Å². The van der Waals surface area contributed by atoms with E-state index in [0.29, 0.717) is 13.2 Å². The summed E-state index contributed by atoms with van der Waals surface area (Å²) >= 11 is 3.38. The van der Waals surface area contributed by atoms with Crippen LogP contribution < -0.4 is 0 Å². The average molecular weight is 358 g/mol. The third-order valence-electron chi connectivity index (χ3n) is 3.34. The minimum Gasteiger partial charge on any atom is -0.308 e. The van der Waals surface area contributed by atoms with Crippen molar-refractivity contribution in [3.05, 3.63) is 43.3 Å². The highest BCUT2D eigenvalue weighted by atomic mass is 32.1. The Morgan fingerprint density at radius 3 is 2.09 bits per heavy atom. The number of rotatable bonds is 7. The van der Waals surface area contributed by atoms with Crippen LogP contribution in [0.25, 0.3) is 0 Å². The maximum Gasteiger partial charge on any atom is 0.343 e. The Morgan fingerprint density at radius 2 is 1.68 bits per heavy atom. The molecule has 3 nitrogen and oxygen atoms in total. The van der Waals surface area contributed by atoms with Gasteiger partial charge in [0.1, 0.15) is 5.66 Å². The van der Waals surface area contributed by atoms with Gasteiger partial charge in [0.2, 0.25) is 0 Å². The Kier molecular flexibility index (Phi) is 6.03. The number of hydrogen-bond acceptors (Lipinski definition) is 5. The third-order valence-corrected chi connectivity index (χ3v) is 7.99. The molecule has 122 valence electrons. The summed E-state index contributed by atoms with van der Waals surface area (Å²) in [6.07, 6.45) is 0. The SMILES string of the molecule is CCOP(=O)(OCC)C(c1ccc(C)s1)c1cc(C)sc1C. The van der Waals surface area contributed by atoms with Crippen LogP contribution in [0.1, 0.15) is 44.6 Å². The van der Waals surface area contributed by atoms with Crippen LogP contribution >= 0.6 is 30.3 Å². The van der Waals surface area contributed by atoms with Crippen LogP contribution in [-0.4, -0.2) is 13.2 Å². The molecule has 6 heteroatoms. The molecule has 1 unspecified atom stereocenters. The van der Waals surface area contributed by atoms with Gasteiger partial charge in [0.15, 0.2) is 0 Å². The Morgan fingerprint density at radius 1 is 1.05 bits per heavy atom. The Balaban J connectivity index is 2.59. The monoisotopic (exact) mass is 358 g/mol. The molecule has 1 atom stereocenters. The van der Waals surface area contributed by atoms with Gasteiger partial charge in [0.05, 0.1) is 13.2 Å². The molecule has 0 radical (unpaired) electrons. The molecule has 22 heavy (non-hydrogen) atoms. The van der Waals surface area contributed by atoms with Gasteiger partial charge in [-0.1, -0.05) is 0 Å². The molecule has 0 N–H and O–H groups in total. The molecule has 0 aliphatic rings. The van der Waals surface area contributed by atoms with Gasteiger partial charge in [-0.3, -0.25) is 4.57 Å². The quantitative estimate of drug-likeness (QED) is 0.562. The fourth-order valence-corrected chi connectivity index (χ4v) is 7.13. The van der Waals surface area contributed by atoms with Crippen LogP contribution in [0.2, 0.25) is 0 Å². The predicted molar refractivity (Wildman–Crippen MR) is 95.6 cm³/mol. The number of thiophene rings is 2. The molecule has 0 saturated carbocycles. The molecule has 2 aromatic heterocycles. The van der Waals surface area contributed by atoms with Crippen molar-refractivity contribution in [3.8, 4) is 0 Å². The molecular formula is C16H23O3PS2. The normalized spacial score (nSPS) is 13.5. The van der Waals surface area contributed by atoms with E-state index in [9.17, 15) is 4.57 Å². The smallest absolute Gasteiger partial charge is 0.308 e. The Labute approximate surface area is 140 Å². The molecule has 2 rings (SSSR count). The Bertz CT molecular complexity index is 665. The maximum absolute atomic E-state index is 13.5. The molecule has 0 fully saturated rings. The van der Waals surface area contributed by atoms with Crippen molar-refractivity contribution in [1.82, 2.24) is 0 Å². The van der Waals surface area contributed by atoms with Crippen molar-refractivity contribution >= 4 is 30.3 Å². The second kappa shape index (κ2) is 7.41. The predicted octanol–water partition coefficient (Wildman–Crippen LogP) is 6.09. The van der Waals surface area contributed by atoms with Gasteiger partial charge in [-0.25, -0.2) is 0 Å². The summed E-state index contributed by atoms with van der Waals surface area (Å²) in [5, 5.41) is 0. The summed E-state index contributed by atoms with van der Waals surface area (Å²) in [4.78, 5) is 4.63. The molecule has 2 heterocycles. The number of aryl methyl sites for hydroxylation is 3. The molecule has 0 amide bonds. The summed E-state index contributed by atoms with van der Waals surface area (Å²) in [5.41, 5.74) is 0.727. The molecule has 0 aromatic carbocycles. The van der Waals surface area contributed by atoms with Crippen molar-refractivity contribution < 1.29 is 13.6 Å². The van der Waals surface area contributed by atoms with E-state index in [0.717, 1.165) is 10.4 Å². The highest BCUT2D eigenvalue weighted by Crippen LogP contribution is 2.65. The van der Waals surface area contributed by atoms with Crippen LogP contribution in [0, 0.1) is 20.8 Å². The zero-order chi connectivity index (χ0) is 16.3. The van der Waals surface area contributed by atoms with Crippen LogP contribution in [0.3, 0.4) is 0 Å². The standard InChI is InChI=1S/C16H23O3PS2/c1-6-18-20(17,19-7-2)16(15-9-8-11(3)22-15)14-10-12(4)21-13(14)5/h8-10,16H,6-7H2,1-5H3. The van der Waals surface area contributed by atoms with E-state index in [1.165, 1.54) is 14.6 Å². The summed E-state index contributed by atoms with van der Waals surface area (Å²) in [6.45, 7) is 10.7. The van der Waals surface area contributed by atoms with E-state index in [4.69, 9.17) is 9.05 Å². The summed E-state index contributed by atoms with van der Waals surface area (Å²) < 4.78 is 24.8. The molecule has 0 spiro atoms. The average Bonchev–Trinajstić information content (AvgIpc) is 2.97. The van der Waals surface area contributed by atoms with Gasteiger partial charge >= 0.3 is 7.60 Å². The van der Waals surface area contributed by atoms with Gasteiger partial charge in [-0.05, 0) is 58.4 Å². The van der Waals surface area contributed by atoms with Crippen molar-refractivity contribution in [2.24, 2.45) is 0 Å². The molecular weight excluding hydrogens is 335 g/mol. The summed E-state index contributed by atoms with van der Waals surface area (Å²) in [7, 11) is -3.26. The number of hydrogen-bond donors (Lipinski definition) is 0. The third kappa shape index (κ3) is 3.72. The molecule has 0 aliphatic heterocycles. The van der Waals surface area contributed by atoms with Gasteiger partial charge in [-0.2, -0.15) is 0 Å². The van der Waals surface area contributed by atoms with Crippen LogP contribution in [0.15, 0.2) is 18.2 Å². The first kappa shape index (κ1) is 17.9. The zero-order valence-corrected chi connectivity index (χ0v) is 16.2. The molecule has 0 aliphatic carbocycles. The highest BCUT2D eigenvalue weighted by Gasteiger charge is 2.40. The van der Waals surface area contributed by atoms with Crippen LogP contribution in [0.4, 0.5) is 0 Å². The van der Waals surface area contributed by atoms with E-state index in [2.05, 4.69) is 32.9 Å². The molecule has 0 bridgehead atoms. The van der Waals surface area contributed by atoms with Crippen molar-refractivity contribution in [2.45, 2.75) is 40.3 Å². The maximum atomic E-state index is 13.5. The van der Waals surface area contributed by atoms with Crippen molar-refractivity contribution in [1.29, 1.82) is 0 Å². The van der Waals surface area contributed by atoms with E-state index >= 15 is 0 Å². The second-order valence-corrected chi connectivity index (χ2v) is 9.99. The summed E-state index contributed by atoms with van der Waals surface area (Å²) in [5.74, 6) is 0. The topological polar surface area (TPSA) is 35.5 Å². The Hall–Kier alpha value is -0.450. The largest absolute Gasteiger partial charge is 0.343 e. The van der Waals surface area contributed by atoms with Crippen molar-refractivity contribution in [3.63, 3.8) is 0 Å². The fourth-order valence-electron chi connectivity index (χ4n) is 2.55. The highest BCUT2D eigenvalue weighted by molar-refractivity contribution is 7.55. The lowest BCUT2D eigenvalue weighted by molar-refractivity contribution is 0.215. The second-order valence-electron chi connectivity index (χ2n) is 5.09. The summed E-state index contributed by atoms with van der Waals surface area (Å²) in [6, 6.07) is 6.22. The first-order valence-corrected chi connectivity index (χ1v) is 10.7. The van der Waals surface area contributed by atoms with Gasteiger partial charge in [-0.15, -0.1) is 22.7 Å². The van der Waals surface area contributed by atoms with E-state index in [1.807, 2.05) is 19.9 Å². The lowest BCUT2D eigenvalue weighted by Crippen LogP contribution is -2.07. The van der Waals surface area contributed by atoms with Gasteiger partial charge in [0.25, 0.3) is 0 Å². The van der Waals surface area contributed by atoms with E-state index in [1.54, 1.807) is 22.7 Å². The van der Waals surface area contributed by atoms with Crippen LogP contribution in [0.5, 0.6) is 0 Å². The molecule has 0 saturated heterocycles. The lowest BCUT2D eigenvalue weighted by atomic mass is 10.1. The minimum atomic E-state index is -3.26.